The van der Waals surface area contributed by atoms with Crippen LogP contribution in [0.1, 0.15) is 17.9 Å². The molecule has 0 saturated carbocycles. The van der Waals surface area contributed by atoms with E-state index in [0.717, 1.165) is 0 Å². The van der Waals surface area contributed by atoms with Gasteiger partial charge in [0.05, 0.1) is 5.69 Å². The summed E-state index contributed by atoms with van der Waals surface area (Å²) in [5.41, 5.74) is 3.00. The number of anilines is 1. The molecule has 2 aliphatic heterocycles. The normalized spacial score (nSPS) is 24.2. The Labute approximate surface area is 137 Å². The third-order valence-corrected chi connectivity index (χ3v) is 6.09. The Morgan fingerprint density at radius 1 is 1.00 bits per heavy atom. The summed E-state index contributed by atoms with van der Waals surface area (Å²) in [6.07, 6.45) is 1.27. The first-order chi connectivity index (χ1) is 10.7. The van der Waals surface area contributed by atoms with E-state index in [-0.39, 0.29) is 0 Å². The highest BCUT2D eigenvalue weighted by atomic mass is 32.2. The average Bonchev–Trinajstić information content (AvgIpc) is 2.82. The minimum Gasteiger partial charge on any atom is -0.370 e. The molecule has 2 atom stereocenters. The van der Waals surface area contributed by atoms with Crippen molar-refractivity contribution in [1.82, 2.24) is 4.90 Å². The van der Waals surface area contributed by atoms with Gasteiger partial charge in [-0.2, -0.15) is 0 Å². The van der Waals surface area contributed by atoms with Crippen molar-refractivity contribution < 1.29 is 0 Å². The number of benzene rings is 2. The second-order valence-electron chi connectivity index (χ2n) is 6.44. The maximum Gasteiger partial charge on any atom is 0.0544 e. The number of para-hydroxylation sites is 1. The number of hydrogen-bond acceptors (Lipinski definition) is 3. The van der Waals surface area contributed by atoms with Gasteiger partial charge in [0, 0.05) is 35.3 Å². The van der Waals surface area contributed by atoms with Gasteiger partial charge >= 0.3 is 0 Å². The smallest absolute Gasteiger partial charge is 0.0544 e. The first-order valence-electron chi connectivity index (χ1n) is 8.01. The molecule has 0 unspecified atom stereocenters. The molecule has 114 valence electrons. The molecule has 4 rings (SSSR count). The summed E-state index contributed by atoms with van der Waals surface area (Å²) in [4.78, 5) is 7.72. The lowest BCUT2D eigenvalue weighted by molar-refractivity contribution is 0.234. The van der Waals surface area contributed by atoms with E-state index in [4.69, 9.17) is 0 Å². The maximum atomic E-state index is 2.54. The Bertz CT molecular complexity index is 670. The number of likely N-dealkylation sites (N-methyl/N-ethyl adjacent to an activating group) is 2. The minimum absolute atomic E-state index is 0.662. The topological polar surface area (TPSA) is 6.48 Å². The summed E-state index contributed by atoms with van der Waals surface area (Å²) >= 11 is 1.89. The highest BCUT2D eigenvalue weighted by Crippen LogP contribution is 2.48. The lowest BCUT2D eigenvalue weighted by Gasteiger charge is -2.35. The van der Waals surface area contributed by atoms with Gasteiger partial charge in [0.2, 0.25) is 0 Å². The predicted octanol–water partition coefficient (Wildman–Crippen LogP) is 4.08. The van der Waals surface area contributed by atoms with Crippen molar-refractivity contribution in [3.63, 3.8) is 0 Å². The van der Waals surface area contributed by atoms with Gasteiger partial charge in [-0.05, 0) is 43.8 Å². The molecule has 0 N–H and O–H groups in total. The molecule has 3 heteroatoms. The lowest BCUT2D eigenvalue weighted by atomic mass is 9.89. The van der Waals surface area contributed by atoms with E-state index in [9.17, 15) is 0 Å². The molecule has 0 bridgehead atoms. The molecule has 0 aromatic heterocycles. The minimum atomic E-state index is 0.662. The summed E-state index contributed by atoms with van der Waals surface area (Å²) in [5.74, 6) is 0.662. The third kappa shape index (κ3) is 2.33. The lowest BCUT2D eigenvalue weighted by Crippen LogP contribution is -2.43. The summed E-state index contributed by atoms with van der Waals surface area (Å²) in [6.45, 7) is 2.39. The fourth-order valence-electron chi connectivity index (χ4n) is 3.95. The molecule has 0 spiro atoms. The quantitative estimate of drug-likeness (QED) is 0.825. The second kappa shape index (κ2) is 5.64. The van der Waals surface area contributed by atoms with Gasteiger partial charge in [0.1, 0.15) is 0 Å². The zero-order chi connectivity index (χ0) is 15.1. The molecule has 0 aliphatic carbocycles. The first kappa shape index (κ1) is 14.2. The second-order valence-corrected chi connectivity index (χ2v) is 7.56. The van der Waals surface area contributed by atoms with Crippen LogP contribution in [0.2, 0.25) is 0 Å². The van der Waals surface area contributed by atoms with Gasteiger partial charge in [-0.15, -0.1) is 0 Å². The van der Waals surface area contributed by atoms with E-state index in [1.807, 2.05) is 11.8 Å². The highest BCUT2D eigenvalue weighted by molar-refractivity contribution is 7.99. The number of hydrogen-bond donors (Lipinski definition) is 0. The fraction of sp³-hybridized carbons (Fsp3) is 0.368. The van der Waals surface area contributed by atoms with E-state index in [1.165, 1.54) is 35.0 Å². The molecule has 2 aromatic carbocycles. The number of piperidine rings is 1. The van der Waals surface area contributed by atoms with Gasteiger partial charge in [-0.25, -0.2) is 0 Å². The Morgan fingerprint density at radius 3 is 2.64 bits per heavy atom. The summed E-state index contributed by atoms with van der Waals surface area (Å²) in [7, 11) is 4.53. The summed E-state index contributed by atoms with van der Waals surface area (Å²) < 4.78 is 0. The first-order valence-corrected chi connectivity index (χ1v) is 8.83. The molecule has 1 saturated heterocycles. The molecular formula is C19H22N2S. The van der Waals surface area contributed by atoms with Crippen LogP contribution in [-0.2, 0) is 0 Å². The van der Waals surface area contributed by atoms with Gasteiger partial charge in [-0.3, -0.25) is 0 Å². The van der Waals surface area contributed by atoms with Crippen LogP contribution in [0, 0.1) is 0 Å². The number of rotatable bonds is 2. The SMILES string of the molecule is CN1CC[C@H]2[C@H](C1)c1cccc(Sc3ccccc3)c1N2C. The molecule has 1 fully saturated rings. The van der Waals surface area contributed by atoms with Crippen LogP contribution in [0.25, 0.3) is 0 Å². The van der Waals surface area contributed by atoms with E-state index >= 15 is 0 Å². The number of likely N-dealkylation sites (tertiary alicyclic amines) is 1. The molecule has 2 heterocycles. The van der Waals surface area contributed by atoms with Gasteiger partial charge in [0.15, 0.2) is 0 Å². The van der Waals surface area contributed by atoms with E-state index in [1.54, 1.807) is 5.56 Å². The Kier molecular flexibility index (Phi) is 3.63. The van der Waals surface area contributed by atoms with E-state index in [0.29, 0.717) is 12.0 Å². The molecule has 0 radical (unpaired) electrons. The predicted molar refractivity (Wildman–Crippen MR) is 94.1 cm³/mol. The highest BCUT2D eigenvalue weighted by Gasteiger charge is 2.40. The molecular weight excluding hydrogens is 288 g/mol. The van der Waals surface area contributed by atoms with Crippen LogP contribution >= 0.6 is 11.8 Å². The zero-order valence-electron chi connectivity index (χ0n) is 13.2. The number of nitrogens with zero attached hydrogens (tertiary/aromatic N) is 2. The van der Waals surface area contributed by atoms with Crippen molar-refractivity contribution in [1.29, 1.82) is 0 Å². The van der Waals surface area contributed by atoms with E-state index < -0.39 is 0 Å². The average molecular weight is 310 g/mol. The zero-order valence-corrected chi connectivity index (χ0v) is 14.0. The van der Waals surface area contributed by atoms with Gasteiger partial charge in [-0.1, -0.05) is 42.1 Å². The van der Waals surface area contributed by atoms with Crippen molar-refractivity contribution >= 4 is 17.4 Å². The van der Waals surface area contributed by atoms with Crippen LogP contribution in [0.5, 0.6) is 0 Å². The summed E-state index contributed by atoms with van der Waals surface area (Å²) in [5, 5.41) is 0. The van der Waals surface area contributed by atoms with Crippen molar-refractivity contribution in [2.45, 2.75) is 28.2 Å². The molecule has 22 heavy (non-hydrogen) atoms. The standard InChI is InChI=1S/C19H22N2S/c1-20-12-11-17-16(13-20)15-9-6-10-18(19(15)21(17)2)22-14-7-4-3-5-8-14/h3-10,16-17H,11-13H2,1-2H3/t16-,17+/m1/s1. The van der Waals surface area contributed by atoms with Crippen molar-refractivity contribution in [3.8, 4) is 0 Å². The maximum absolute atomic E-state index is 2.54. The van der Waals surface area contributed by atoms with Gasteiger partial charge < -0.3 is 9.80 Å². The van der Waals surface area contributed by atoms with Crippen LogP contribution < -0.4 is 4.90 Å². The van der Waals surface area contributed by atoms with E-state index in [2.05, 4.69) is 72.4 Å². The molecule has 2 aromatic rings. The summed E-state index contributed by atoms with van der Waals surface area (Å²) in [6, 6.07) is 18.2. The van der Waals surface area contributed by atoms with Gasteiger partial charge in [0.25, 0.3) is 0 Å². The number of fused-ring (bicyclic) bond motifs is 3. The third-order valence-electron chi connectivity index (χ3n) is 5.03. The largest absolute Gasteiger partial charge is 0.370 e. The van der Waals surface area contributed by atoms with Crippen LogP contribution in [0.3, 0.4) is 0 Å². The molecule has 2 aliphatic rings. The van der Waals surface area contributed by atoms with Crippen LogP contribution in [-0.4, -0.2) is 38.1 Å². The van der Waals surface area contributed by atoms with Crippen molar-refractivity contribution in [3.05, 3.63) is 54.1 Å². The van der Waals surface area contributed by atoms with Crippen LogP contribution in [0.4, 0.5) is 5.69 Å². The Balaban J connectivity index is 1.72. The van der Waals surface area contributed by atoms with Crippen molar-refractivity contribution in [2.75, 3.05) is 32.1 Å². The molecule has 0 amide bonds. The molecule has 2 nitrogen and oxygen atoms in total. The monoisotopic (exact) mass is 310 g/mol. The Hall–Kier alpha value is -1.45. The fourth-order valence-corrected chi connectivity index (χ4v) is 5.00. The Morgan fingerprint density at radius 2 is 1.82 bits per heavy atom. The van der Waals surface area contributed by atoms with Crippen LogP contribution in [0.15, 0.2) is 58.3 Å². The van der Waals surface area contributed by atoms with Crippen molar-refractivity contribution in [2.24, 2.45) is 0 Å².